The predicted octanol–water partition coefficient (Wildman–Crippen LogP) is 1.06. The maximum absolute atomic E-state index is 9.45. The molecule has 0 atom stereocenters. The van der Waals surface area contributed by atoms with Gasteiger partial charge in [0, 0.05) is 13.1 Å². The van der Waals surface area contributed by atoms with E-state index in [1.54, 1.807) is 11.3 Å². The topological polar surface area (TPSA) is 53.7 Å². The van der Waals surface area contributed by atoms with Crippen LogP contribution in [0.5, 0.6) is 0 Å². The van der Waals surface area contributed by atoms with Crippen LogP contribution in [0.4, 0.5) is 5.13 Å². The van der Waals surface area contributed by atoms with Gasteiger partial charge in [-0.15, -0.1) is 5.10 Å². The van der Waals surface area contributed by atoms with Crippen LogP contribution in [0.15, 0.2) is 6.20 Å². The van der Waals surface area contributed by atoms with Crippen LogP contribution in [0.1, 0.15) is 18.5 Å². The molecule has 0 amide bonds. The van der Waals surface area contributed by atoms with Gasteiger partial charge < -0.3 is 10.0 Å². The van der Waals surface area contributed by atoms with Crippen molar-refractivity contribution in [2.45, 2.75) is 25.9 Å². The van der Waals surface area contributed by atoms with E-state index in [1.165, 1.54) is 0 Å². The number of piperidine rings is 1. The summed E-state index contributed by atoms with van der Waals surface area (Å²) in [5.74, 6) is 0. The molecule has 3 rings (SSSR count). The minimum Gasteiger partial charge on any atom is -0.393 e. The van der Waals surface area contributed by atoms with E-state index in [0.717, 1.165) is 41.7 Å². The van der Waals surface area contributed by atoms with Crippen LogP contribution >= 0.6 is 11.3 Å². The highest BCUT2D eigenvalue weighted by Crippen LogP contribution is 2.25. The molecule has 2 aromatic rings. The van der Waals surface area contributed by atoms with Gasteiger partial charge in [-0.1, -0.05) is 11.3 Å². The molecule has 0 unspecified atom stereocenters. The van der Waals surface area contributed by atoms with Crippen molar-refractivity contribution in [2.24, 2.45) is 0 Å². The highest BCUT2D eigenvalue weighted by atomic mass is 32.1. The molecule has 1 fully saturated rings. The quantitative estimate of drug-likeness (QED) is 0.807. The molecule has 6 heteroatoms. The molecule has 1 N–H and O–H groups in total. The fraction of sp³-hybridized carbons (Fsp3) is 0.600. The van der Waals surface area contributed by atoms with E-state index in [4.69, 9.17) is 0 Å². The summed E-state index contributed by atoms with van der Waals surface area (Å²) in [6.07, 6.45) is 3.47. The normalized spacial score (nSPS) is 18.5. The lowest BCUT2D eigenvalue weighted by atomic mass is 10.1. The Morgan fingerprint density at radius 2 is 2.19 bits per heavy atom. The molecule has 16 heavy (non-hydrogen) atoms. The third kappa shape index (κ3) is 1.68. The van der Waals surface area contributed by atoms with E-state index in [1.807, 2.05) is 17.6 Å². The maximum Gasteiger partial charge on any atom is 0.214 e. The minimum absolute atomic E-state index is 0.137. The van der Waals surface area contributed by atoms with Crippen LogP contribution in [0.25, 0.3) is 4.96 Å². The Bertz CT molecular complexity index is 466. The Labute approximate surface area is 97.3 Å². The second-order valence-electron chi connectivity index (χ2n) is 4.21. The molecule has 0 aliphatic carbocycles. The third-order valence-electron chi connectivity index (χ3n) is 2.89. The van der Waals surface area contributed by atoms with E-state index in [2.05, 4.69) is 15.0 Å². The zero-order chi connectivity index (χ0) is 11.1. The Morgan fingerprint density at radius 3 is 2.88 bits per heavy atom. The van der Waals surface area contributed by atoms with Gasteiger partial charge in [0.15, 0.2) is 0 Å². The Hall–Kier alpha value is -1.14. The molecule has 1 aliphatic heterocycles. The highest BCUT2D eigenvalue weighted by molar-refractivity contribution is 7.20. The lowest BCUT2D eigenvalue weighted by Gasteiger charge is -2.28. The summed E-state index contributed by atoms with van der Waals surface area (Å²) in [4.78, 5) is 7.55. The molecule has 1 saturated heterocycles. The lowest BCUT2D eigenvalue weighted by molar-refractivity contribution is 0.145. The summed E-state index contributed by atoms with van der Waals surface area (Å²) in [5, 5.41) is 15.0. The second-order valence-corrected chi connectivity index (χ2v) is 5.15. The third-order valence-corrected chi connectivity index (χ3v) is 3.87. The van der Waals surface area contributed by atoms with E-state index in [-0.39, 0.29) is 6.10 Å². The number of nitrogens with zero attached hydrogens (tertiary/aromatic N) is 4. The average molecular weight is 238 g/mol. The van der Waals surface area contributed by atoms with Gasteiger partial charge in [-0.2, -0.15) is 0 Å². The largest absolute Gasteiger partial charge is 0.393 e. The van der Waals surface area contributed by atoms with E-state index in [9.17, 15) is 5.11 Å². The first-order valence-electron chi connectivity index (χ1n) is 5.48. The molecule has 86 valence electrons. The zero-order valence-corrected chi connectivity index (χ0v) is 9.94. The molecule has 0 bridgehead atoms. The van der Waals surface area contributed by atoms with Crippen molar-refractivity contribution < 1.29 is 5.11 Å². The van der Waals surface area contributed by atoms with Gasteiger partial charge in [-0.3, -0.25) is 0 Å². The van der Waals surface area contributed by atoms with E-state index < -0.39 is 0 Å². The molecule has 3 heterocycles. The first kappa shape index (κ1) is 10.0. The fourth-order valence-corrected chi connectivity index (χ4v) is 2.96. The number of rotatable bonds is 1. The van der Waals surface area contributed by atoms with Crippen molar-refractivity contribution in [3.63, 3.8) is 0 Å². The van der Waals surface area contributed by atoms with Gasteiger partial charge in [0.05, 0.1) is 18.0 Å². The summed E-state index contributed by atoms with van der Waals surface area (Å²) < 4.78 is 1.83. The SMILES string of the molecule is Cc1cn2nc(N3CCC(O)CC3)sc2n1. The molecule has 0 saturated carbocycles. The van der Waals surface area contributed by atoms with Gasteiger partial charge in [0.2, 0.25) is 10.1 Å². The van der Waals surface area contributed by atoms with Crippen LogP contribution in [0.3, 0.4) is 0 Å². The molecule has 0 spiro atoms. The molecule has 1 aliphatic rings. The first-order chi connectivity index (χ1) is 7.72. The number of fused-ring (bicyclic) bond motifs is 1. The second kappa shape index (κ2) is 3.71. The maximum atomic E-state index is 9.45. The van der Waals surface area contributed by atoms with Crippen LogP contribution < -0.4 is 4.90 Å². The van der Waals surface area contributed by atoms with E-state index >= 15 is 0 Å². The molecule has 2 aromatic heterocycles. The van der Waals surface area contributed by atoms with Gasteiger partial charge in [-0.05, 0) is 19.8 Å². The Morgan fingerprint density at radius 1 is 1.44 bits per heavy atom. The molecular formula is C10H14N4OS. The average Bonchev–Trinajstić information content (AvgIpc) is 2.75. The number of aryl methyl sites for hydroxylation is 1. The Kier molecular flexibility index (Phi) is 2.33. The summed E-state index contributed by atoms with van der Waals surface area (Å²) in [6, 6.07) is 0. The van der Waals surface area contributed by atoms with Crippen LogP contribution in [-0.2, 0) is 0 Å². The van der Waals surface area contributed by atoms with Crippen LogP contribution in [0, 0.1) is 6.92 Å². The van der Waals surface area contributed by atoms with Crippen LogP contribution in [0.2, 0.25) is 0 Å². The fourth-order valence-electron chi connectivity index (χ4n) is 1.98. The van der Waals surface area contributed by atoms with Crippen molar-refractivity contribution in [3.05, 3.63) is 11.9 Å². The van der Waals surface area contributed by atoms with Gasteiger partial charge in [0.1, 0.15) is 0 Å². The first-order valence-corrected chi connectivity index (χ1v) is 6.30. The Balaban J connectivity index is 1.85. The van der Waals surface area contributed by atoms with Crippen molar-refractivity contribution >= 4 is 21.4 Å². The molecule has 0 aromatic carbocycles. The van der Waals surface area contributed by atoms with Gasteiger partial charge in [0.25, 0.3) is 0 Å². The van der Waals surface area contributed by atoms with Crippen molar-refractivity contribution in [3.8, 4) is 0 Å². The van der Waals surface area contributed by atoms with Crippen molar-refractivity contribution in [1.29, 1.82) is 0 Å². The van der Waals surface area contributed by atoms with Crippen LogP contribution in [-0.4, -0.2) is 38.9 Å². The summed E-state index contributed by atoms with van der Waals surface area (Å²) >= 11 is 1.61. The minimum atomic E-state index is -0.137. The standard InChI is InChI=1S/C10H14N4OS/c1-7-6-14-9(11-7)16-10(12-14)13-4-2-8(15)3-5-13/h6,8,15H,2-5H2,1H3. The number of anilines is 1. The lowest BCUT2D eigenvalue weighted by Crippen LogP contribution is -2.35. The molecule has 5 nitrogen and oxygen atoms in total. The highest BCUT2D eigenvalue weighted by Gasteiger charge is 2.20. The number of aliphatic hydroxyl groups is 1. The zero-order valence-electron chi connectivity index (χ0n) is 9.13. The number of aliphatic hydroxyl groups excluding tert-OH is 1. The van der Waals surface area contributed by atoms with Crippen molar-refractivity contribution in [1.82, 2.24) is 14.6 Å². The smallest absolute Gasteiger partial charge is 0.214 e. The number of hydrogen-bond acceptors (Lipinski definition) is 5. The monoisotopic (exact) mass is 238 g/mol. The molecule has 0 radical (unpaired) electrons. The summed E-state index contributed by atoms with van der Waals surface area (Å²) in [6.45, 7) is 3.74. The molecular weight excluding hydrogens is 224 g/mol. The number of imidazole rings is 1. The van der Waals surface area contributed by atoms with E-state index in [0.29, 0.717) is 0 Å². The number of hydrogen-bond donors (Lipinski definition) is 1. The predicted molar refractivity (Wildman–Crippen MR) is 63.1 cm³/mol. The van der Waals surface area contributed by atoms with Crippen molar-refractivity contribution in [2.75, 3.05) is 18.0 Å². The summed E-state index contributed by atoms with van der Waals surface area (Å²) in [7, 11) is 0. The van der Waals surface area contributed by atoms with Gasteiger partial charge in [-0.25, -0.2) is 9.50 Å². The summed E-state index contributed by atoms with van der Waals surface area (Å²) in [5.41, 5.74) is 0.999. The number of aromatic nitrogens is 3. The van der Waals surface area contributed by atoms with Gasteiger partial charge >= 0.3 is 0 Å².